The van der Waals surface area contributed by atoms with Crippen molar-refractivity contribution in [1.82, 2.24) is 10.2 Å². The van der Waals surface area contributed by atoms with E-state index < -0.39 is 0 Å². The summed E-state index contributed by atoms with van der Waals surface area (Å²) in [5, 5.41) is 3.38. The van der Waals surface area contributed by atoms with E-state index in [9.17, 15) is 0 Å². The quantitative estimate of drug-likeness (QED) is 0.672. The van der Waals surface area contributed by atoms with E-state index in [0.717, 1.165) is 19.0 Å². The van der Waals surface area contributed by atoms with Crippen LogP contribution in [0.1, 0.15) is 27.7 Å². The second kappa shape index (κ2) is 3.75. The van der Waals surface area contributed by atoms with Crippen LogP contribution in [0.4, 0.5) is 0 Å². The van der Waals surface area contributed by atoms with Gasteiger partial charge in [-0.25, -0.2) is 0 Å². The van der Waals surface area contributed by atoms with Crippen LogP contribution in [0.15, 0.2) is 0 Å². The van der Waals surface area contributed by atoms with E-state index in [4.69, 9.17) is 0 Å². The number of nitrogens with zero attached hydrogens (tertiary/aromatic N) is 1. The normalized spacial score (nSPS) is 21.8. The molecule has 1 rings (SSSR count). The van der Waals surface area contributed by atoms with Crippen LogP contribution < -0.4 is 5.32 Å². The monoisotopic (exact) mass is 170 g/mol. The molecule has 0 bridgehead atoms. The highest BCUT2D eigenvalue weighted by atomic mass is 15.2. The molecule has 0 aromatic heterocycles. The molecule has 0 saturated carbocycles. The topological polar surface area (TPSA) is 15.3 Å². The standard InChI is InChI=1S/C10H22N2/c1-9(2)10(3,4)12-7-5-11-6-8-12/h9,11H,5-8H2,1-4H3. The smallest absolute Gasteiger partial charge is 0.0177 e. The summed E-state index contributed by atoms with van der Waals surface area (Å²) in [5.74, 6) is 0.732. The van der Waals surface area contributed by atoms with Gasteiger partial charge in [0.05, 0.1) is 0 Å². The molecule has 1 aliphatic rings. The zero-order chi connectivity index (χ0) is 9.19. The predicted molar refractivity (Wildman–Crippen MR) is 53.4 cm³/mol. The molecule has 0 radical (unpaired) electrons. The molecule has 1 N–H and O–H groups in total. The van der Waals surface area contributed by atoms with Crippen LogP contribution in [0.2, 0.25) is 0 Å². The molecule has 2 nitrogen and oxygen atoms in total. The molecule has 12 heavy (non-hydrogen) atoms. The Hall–Kier alpha value is -0.0800. The van der Waals surface area contributed by atoms with Gasteiger partial charge in [0.25, 0.3) is 0 Å². The number of hydrogen-bond donors (Lipinski definition) is 1. The van der Waals surface area contributed by atoms with Gasteiger partial charge in [-0.15, -0.1) is 0 Å². The van der Waals surface area contributed by atoms with Crippen LogP contribution in [0, 0.1) is 5.92 Å². The van der Waals surface area contributed by atoms with Gasteiger partial charge < -0.3 is 5.32 Å². The Bertz CT molecular complexity index is 135. The molecule has 0 aromatic rings. The average Bonchev–Trinajstić information content (AvgIpc) is 2.06. The lowest BCUT2D eigenvalue weighted by Gasteiger charge is -2.44. The average molecular weight is 170 g/mol. The highest BCUT2D eigenvalue weighted by Gasteiger charge is 2.30. The molecule has 2 heteroatoms. The lowest BCUT2D eigenvalue weighted by Crippen LogP contribution is -2.55. The third kappa shape index (κ3) is 1.99. The molecular formula is C10H22N2. The van der Waals surface area contributed by atoms with Crippen molar-refractivity contribution in [3.05, 3.63) is 0 Å². The molecule has 1 saturated heterocycles. The van der Waals surface area contributed by atoms with Crippen molar-refractivity contribution in [3.63, 3.8) is 0 Å². The zero-order valence-electron chi connectivity index (χ0n) is 8.85. The van der Waals surface area contributed by atoms with Crippen molar-refractivity contribution in [1.29, 1.82) is 0 Å². The molecule has 1 aliphatic heterocycles. The maximum Gasteiger partial charge on any atom is 0.0177 e. The number of hydrogen-bond acceptors (Lipinski definition) is 2. The fourth-order valence-electron chi connectivity index (χ4n) is 1.61. The first-order valence-electron chi connectivity index (χ1n) is 5.01. The van der Waals surface area contributed by atoms with Crippen molar-refractivity contribution < 1.29 is 0 Å². The van der Waals surface area contributed by atoms with Gasteiger partial charge in [0, 0.05) is 31.7 Å². The van der Waals surface area contributed by atoms with E-state index in [-0.39, 0.29) is 0 Å². The molecule has 0 aromatic carbocycles. The van der Waals surface area contributed by atoms with Crippen molar-refractivity contribution in [2.45, 2.75) is 33.2 Å². The predicted octanol–water partition coefficient (Wildman–Crippen LogP) is 1.33. The lowest BCUT2D eigenvalue weighted by molar-refractivity contribution is 0.0643. The minimum absolute atomic E-state index is 0.363. The summed E-state index contributed by atoms with van der Waals surface area (Å²) in [6.07, 6.45) is 0. The van der Waals surface area contributed by atoms with Crippen LogP contribution >= 0.6 is 0 Å². The summed E-state index contributed by atoms with van der Waals surface area (Å²) in [4.78, 5) is 2.59. The number of rotatable bonds is 2. The van der Waals surface area contributed by atoms with Gasteiger partial charge >= 0.3 is 0 Å². The van der Waals surface area contributed by atoms with Gasteiger partial charge in [0.2, 0.25) is 0 Å². The summed E-state index contributed by atoms with van der Waals surface area (Å²) in [6, 6.07) is 0. The Morgan fingerprint density at radius 2 is 1.67 bits per heavy atom. The first kappa shape index (κ1) is 10.0. The highest BCUT2D eigenvalue weighted by Crippen LogP contribution is 2.23. The Morgan fingerprint density at radius 1 is 1.17 bits per heavy atom. The second-order valence-corrected chi connectivity index (χ2v) is 4.55. The summed E-state index contributed by atoms with van der Waals surface area (Å²) < 4.78 is 0. The van der Waals surface area contributed by atoms with Crippen LogP contribution in [-0.4, -0.2) is 36.6 Å². The van der Waals surface area contributed by atoms with Gasteiger partial charge in [0.1, 0.15) is 0 Å². The van der Waals surface area contributed by atoms with Gasteiger partial charge in [-0.3, -0.25) is 4.90 Å². The van der Waals surface area contributed by atoms with Crippen molar-refractivity contribution >= 4 is 0 Å². The minimum atomic E-state index is 0.363. The highest BCUT2D eigenvalue weighted by molar-refractivity contribution is 4.86. The molecule has 0 amide bonds. The van der Waals surface area contributed by atoms with Gasteiger partial charge in [-0.1, -0.05) is 13.8 Å². The maximum absolute atomic E-state index is 3.38. The van der Waals surface area contributed by atoms with E-state index in [1.54, 1.807) is 0 Å². The van der Waals surface area contributed by atoms with Crippen LogP contribution in [0.25, 0.3) is 0 Å². The van der Waals surface area contributed by atoms with E-state index in [1.807, 2.05) is 0 Å². The SMILES string of the molecule is CC(C)C(C)(C)N1CCNCC1. The summed E-state index contributed by atoms with van der Waals surface area (Å²) in [7, 11) is 0. The molecule has 1 fully saturated rings. The molecule has 0 spiro atoms. The van der Waals surface area contributed by atoms with Gasteiger partial charge in [-0.2, -0.15) is 0 Å². The lowest BCUT2D eigenvalue weighted by atomic mass is 9.88. The fraction of sp³-hybridized carbons (Fsp3) is 1.00. The zero-order valence-corrected chi connectivity index (χ0v) is 8.85. The van der Waals surface area contributed by atoms with Crippen LogP contribution in [-0.2, 0) is 0 Å². The van der Waals surface area contributed by atoms with Crippen LogP contribution in [0.5, 0.6) is 0 Å². The summed E-state index contributed by atoms with van der Waals surface area (Å²) in [5.41, 5.74) is 0.363. The molecule has 1 heterocycles. The molecule has 0 unspecified atom stereocenters. The number of nitrogens with one attached hydrogen (secondary N) is 1. The van der Waals surface area contributed by atoms with E-state index in [0.29, 0.717) is 5.54 Å². The summed E-state index contributed by atoms with van der Waals surface area (Å²) in [6.45, 7) is 14.0. The van der Waals surface area contributed by atoms with Crippen LogP contribution in [0.3, 0.4) is 0 Å². The Morgan fingerprint density at radius 3 is 2.08 bits per heavy atom. The van der Waals surface area contributed by atoms with E-state index in [1.165, 1.54) is 13.1 Å². The van der Waals surface area contributed by atoms with Gasteiger partial charge in [-0.05, 0) is 19.8 Å². The molecule has 72 valence electrons. The van der Waals surface area contributed by atoms with E-state index in [2.05, 4.69) is 37.9 Å². The molecule has 0 atom stereocenters. The van der Waals surface area contributed by atoms with E-state index >= 15 is 0 Å². The first-order chi connectivity index (χ1) is 5.55. The second-order valence-electron chi connectivity index (χ2n) is 4.55. The van der Waals surface area contributed by atoms with Gasteiger partial charge in [0.15, 0.2) is 0 Å². The number of piperazine rings is 1. The Labute approximate surface area is 76.3 Å². The maximum atomic E-state index is 3.38. The third-order valence-corrected chi connectivity index (χ3v) is 3.34. The van der Waals surface area contributed by atoms with Crippen molar-refractivity contribution in [2.75, 3.05) is 26.2 Å². The fourth-order valence-corrected chi connectivity index (χ4v) is 1.61. The third-order valence-electron chi connectivity index (χ3n) is 3.34. The minimum Gasteiger partial charge on any atom is -0.314 e. The Balaban J connectivity index is 2.53. The summed E-state index contributed by atoms with van der Waals surface area (Å²) >= 11 is 0. The van der Waals surface area contributed by atoms with Crippen molar-refractivity contribution in [2.24, 2.45) is 5.92 Å². The van der Waals surface area contributed by atoms with Crippen molar-refractivity contribution in [3.8, 4) is 0 Å². The molecular weight excluding hydrogens is 148 g/mol. The first-order valence-corrected chi connectivity index (χ1v) is 5.01. The largest absolute Gasteiger partial charge is 0.314 e. The Kier molecular flexibility index (Phi) is 3.13. The molecule has 0 aliphatic carbocycles.